The predicted molar refractivity (Wildman–Crippen MR) is 175 cm³/mol. The van der Waals surface area contributed by atoms with Gasteiger partial charge in [-0.25, -0.2) is 4.79 Å². The van der Waals surface area contributed by atoms with Crippen LogP contribution in [0.3, 0.4) is 0 Å². The minimum Gasteiger partial charge on any atom is -0.444 e. The summed E-state index contributed by atoms with van der Waals surface area (Å²) in [7, 11) is 0. The number of carbonyl (C=O) groups is 3. The summed E-state index contributed by atoms with van der Waals surface area (Å²) < 4.78 is 5.51. The van der Waals surface area contributed by atoms with Gasteiger partial charge in [-0.05, 0) is 82.2 Å². The zero-order valence-corrected chi connectivity index (χ0v) is 27.4. The van der Waals surface area contributed by atoms with Crippen LogP contribution in [0.15, 0.2) is 48.5 Å². The lowest BCUT2D eigenvalue weighted by molar-refractivity contribution is -0.141. The van der Waals surface area contributed by atoms with Crippen molar-refractivity contribution in [3.8, 4) is 0 Å². The molecule has 2 aromatic carbocycles. The molecule has 0 aromatic heterocycles. The Kier molecular flexibility index (Phi) is 15.0. The van der Waals surface area contributed by atoms with Crippen molar-refractivity contribution in [1.82, 2.24) is 10.2 Å². The first-order chi connectivity index (χ1) is 20.0. The Hall–Kier alpha value is -3.00. The Morgan fingerprint density at radius 1 is 0.905 bits per heavy atom. The Labute approximate surface area is 257 Å². The van der Waals surface area contributed by atoms with Crippen LogP contribution in [-0.2, 0) is 14.3 Å². The lowest BCUT2D eigenvalue weighted by Gasteiger charge is -2.35. The molecular formula is C34H51N3O4S. The van der Waals surface area contributed by atoms with Gasteiger partial charge < -0.3 is 20.3 Å². The number of hydrogen-bond acceptors (Lipinski definition) is 5. The zero-order chi connectivity index (χ0) is 31.1. The Morgan fingerprint density at radius 3 is 2.14 bits per heavy atom. The van der Waals surface area contributed by atoms with Crippen LogP contribution in [0.4, 0.5) is 10.5 Å². The molecule has 0 aliphatic carbocycles. The molecule has 0 spiro atoms. The zero-order valence-electron chi connectivity index (χ0n) is 26.6. The van der Waals surface area contributed by atoms with Crippen molar-refractivity contribution in [3.05, 3.63) is 65.2 Å². The van der Waals surface area contributed by atoms with Crippen molar-refractivity contribution < 1.29 is 19.1 Å². The monoisotopic (exact) mass is 597 g/mol. The summed E-state index contributed by atoms with van der Waals surface area (Å²) in [5.41, 5.74) is 2.63. The summed E-state index contributed by atoms with van der Waals surface area (Å²) in [6.07, 6.45) is 8.04. The fourth-order valence-electron chi connectivity index (χ4n) is 4.83. The van der Waals surface area contributed by atoms with Gasteiger partial charge >= 0.3 is 6.09 Å². The van der Waals surface area contributed by atoms with E-state index in [-0.39, 0.29) is 11.8 Å². The predicted octanol–water partition coefficient (Wildman–Crippen LogP) is 7.82. The lowest BCUT2D eigenvalue weighted by atomic mass is 9.97. The van der Waals surface area contributed by atoms with E-state index in [0.29, 0.717) is 24.4 Å². The van der Waals surface area contributed by atoms with Gasteiger partial charge in [0.15, 0.2) is 0 Å². The van der Waals surface area contributed by atoms with Gasteiger partial charge in [0.1, 0.15) is 17.7 Å². The van der Waals surface area contributed by atoms with E-state index in [9.17, 15) is 14.4 Å². The van der Waals surface area contributed by atoms with Crippen LogP contribution < -0.4 is 10.6 Å². The minimum atomic E-state index is -0.869. The molecule has 2 N–H and O–H groups in total. The molecule has 2 atom stereocenters. The lowest BCUT2D eigenvalue weighted by Crippen LogP contribution is -2.53. The number of benzene rings is 2. The summed E-state index contributed by atoms with van der Waals surface area (Å²) in [6.45, 7) is 11.9. The van der Waals surface area contributed by atoms with Gasteiger partial charge in [0.05, 0.1) is 0 Å². The fraction of sp³-hybridized carbons (Fsp3) is 0.559. The SMILES string of the molecule is CCCCCCCCN(C(=O)C(CCSC)NC(=O)OC(C)(C)C)C(C(=O)Nc1ccccc1C)c1ccccc1C. The van der Waals surface area contributed by atoms with Gasteiger partial charge in [-0.2, -0.15) is 11.8 Å². The molecule has 42 heavy (non-hydrogen) atoms. The van der Waals surface area contributed by atoms with Crippen molar-refractivity contribution >= 4 is 35.4 Å². The van der Waals surface area contributed by atoms with Crippen LogP contribution in [0.1, 0.15) is 95.4 Å². The normalized spacial score (nSPS) is 12.7. The highest BCUT2D eigenvalue weighted by molar-refractivity contribution is 7.98. The molecule has 232 valence electrons. The first kappa shape index (κ1) is 35.2. The van der Waals surface area contributed by atoms with Crippen molar-refractivity contribution in [2.45, 2.75) is 104 Å². The molecule has 0 saturated carbocycles. The van der Waals surface area contributed by atoms with Gasteiger partial charge in [0.2, 0.25) is 5.91 Å². The number of hydrogen-bond donors (Lipinski definition) is 2. The van der Waals surface area contributed by atoms with Gasteiger partial charge in [-0.3, -0.25) is 9.59 Å². The fourth-order valence-corrected chi connectivity index (χ4v) is 5.30. The van der Waals surface area contributed by atoms with Crippen molar-refractivity contribution in [1.29, 1.82) is 0 Å². The number of para-hydroxylation sites is 1. The molecule has 0 aliphatic heterocycles. The quantitative estimate of drug-likeness (QED) is 0.193. The van der Waals surface area contributed by atoms with E-state index in [2.05, 4.69) is 17.6 Å². The average molecular weight is 598 g/mol. The first-order valence-corrected chi connectivity index (χ1v) is 16.6. The number of unbranched alkanes of at least 4 members (excludes halogenated alkanes) is 5. The largest absolute Gasteiger partial charge is 0.444 e. The smallest absolute Gasteiger partial charge is 0.408 e. The summed E-state index contributed by atoms with van der Waals surface area (Å²) in [5, 5.41) is 5.92. The third kappa shape index (κ3) is 11.7. The van der Waals surface area contributed by atoms with E-state index in [1.54, 1.807) is 37.4 Å². The molecule has 0 bridgehead atoms. The van der Waals surface area contributed by atoms with E-state index < -0.39 is 23.8 Å². The Balaban J connectivity index is 2.51. The number of nitrogens with zero attached hydrogens (tertiary/aromatic N) is 1. The second kappa shape index (κ2) is 17.8. The molecule has 7 nitrogen and oxygen atoms in total. The highest BCUT2D eigenvalue weighted by Gasteiger charge is 2.36. The maximum atomic E-state index is 14.4. The summed E-state index contributed by atoms with van der Waals surface area (Å²) in [4.78, 5) is 43.1. The molecular weight excluding hydrogens is 546 g/mol. The molecule has 2 aromatic rings. The number of ether oxygens (including phenoxy) is 1. The maximum Gasteiger partial charge on any atom is 0.408 e. The third-order valence-electron chi connectivity index (χ3n) is 7.08. The highest BCUT2D eigenvalue weighted by Crippen LogP contribution is 2.29. The van der Waals surface area contributed by atoms with Crippen LogP contribution in [-0.4, -0.2) is 53.0 Å². The molecule has 0 saturated heterocycles. The van der Waals surface area contributed by atoms with Gasteiger partial charge in [0, 0.05) is 12.2 Å². The molecule has 8 heteroatoms. The van der Waals surface area contributed by atoms with Crippen LogP contribution >= 0.6 is 11.8 Å². The van der Waals surface area contributed by atoms with Crippen molar-refractivity contribution in [3.63, 3.8) is 0 Å². The Morgan fingerprint density at radius 2 is 1.52 bits per heavy atom. The molecule has 3 amide bonds. The molecule has 0 radical (unpaired) electrons. The van der Waals surface area contributed by atoms with Gasteiger partial charge in [-0.1, -0.05) is 81.5 Å². The van der Waals surface area contributed by atoms with E-state index in [1.807, 2.05) is 68.6 Å². The number of rotatable bonds is 16. The van der Waals surface area contributed by atoms with Crippen LogP contribution in [0, 0.1) is 13.8 Å². The molecule has 2 unspecified atom stereocenters. The Bertz CT molecular complexity index is 1150. The van der Waals surface area contributed by atoms with Crippen LogP contribution in [0.2, 0.25) is 0 Å². The molecule has 0 aliphatic rings. The summed E-state index contributed by atoms with van der Waals surface area (Å²) >= 11 is 1.60. The number of carbonyl (C=O) groups excluding carboxylic acids is 3. The second-order valence-corrected chi connectivity index (χ2v) is 12.8. The summed E-state index contributed by atoms with van der Waals surface area (Å²) in [6, 6.07) is 13.6. The van der Waals surface area contributed by atoms with Gasteiger partial charge in [-0.15, -0.1) is 0 Å². The number of aryl methyl sites for hydroxylation is 2. The van der Waals surface area contributed by atoms with Crippen LogP contribution in [0.5, 0.6) is 0 Å². The van der Waals surface area contributed by atoms with E-state index in [0.717, 1.165) is 48.8 Å². The van der Waals surface area contributed by atoms with Crippen molar-refractivity contribution in [2.75, 3.05) is 23.9 Å². The number of nitrogens with one attached hydrogen (secondary N) is 2. The van der Waals surface area contributed by atoms with E-state index in [1.165, 1.54) is 6.42 Å². The number of thioether (sulfide) groups is 1. The standard InChI is InChI=1S/C34H51N3O4S/c1-8-9-10-11-12-17-23-37(32(39)29(22-24-42-7)36-33(40)41-34(4,5)6)30(27-20-15-13-18-25(27)2)31(38)35-28-21-16-14-19-26(28)3/h13-16,18-21,29-30H,8-12,17,22-24H2,1-7H3,(H,35,38)(H,36,40). The maximum absolute atomic E-state index is 14.4. The molecule has 0 heterocycles. The number of amides is 3. The van der Waals surface area contributed by atoms with E-state index >= 15 is 0 Å². The van der Waals surface area contributed by atoms with Crippen molar-refractivity contribution in [2.24, 2.45) is 0 Å². The van der Waals surface area contributed by atoms with E-state index in [4.69, 9.17) is 4.74 Å². The molecule has 2 rings (SSSR count). The second-order valence-electron chi connectivity index (χ2n) is 11.8. The third-order valence-corrected chi connectivity index (χ3v) is 7.73. The highest BCUT2D eigenvalue weighted by atomic mass is 32.2. The van der Waals surface area contributed by atoms with Crippen LogP contribution in [0.25, 0.3) is 0 Å². The first-order valence-electron chi connectivity index (χ1n) is 15.2. The molecule has 0 fully saturated rings. The minimum absolute atomic E-state index is 0.279. The summed E-state index contributed by atoms with van der Waals surface area (Å²) in [5.74, 6) is 0.108. The average Bonchev–Trinajstić information content (AvgIpc) is 2.93. The number of alkyl carbamates (subject to hydrolysis) is 1. The number of anilines is 1. The van der Waals surface area contributed by atoms with Gasteiger partial charge in [0.25, 0.3) is 5.91 Å². The topological polar surface area (TPSA) is 87.7 Å².